The Bertz CT molecular complexity index is 294. The monoisotopic (exact) mass is 333 g/mol. The van der Waals surface area contributed by atoms with E-state index in [0.717, 1.165) is 0 Å². The highest BCUT2D eigenvalue weighted by molar-refractivity contribution is 8.06. The summed E-state index contributed by atoms with van der Waals surface area (Å²) in [6.45, 7) is 27.2. The van der Waals surface area contributed by atoms with Crippen LogP contribution in [0.25, 0.3) is 0 Å². The highest BCUT2D eigenvalue weighted by Gasteiger charge is 2.47. The van der Waals surface area contributed by atoms with Gasteiger partial charge < -0.3 is 4.57 Å². The van der Waals surface area contributed by atoms with Gasteiger partial charge in [0.25, 0.3) is 0 Å². The molecule has 0 aliphatic rings. The summed E-state index contributed by atoms with van der Waals surface area (Å²) in [4.78, 5) is 13.5. The SMILES string of the molecule is CC(C)(C)N(C(=O)P(C(C)(C)C)[Si](C)(C)C)[Si](C)(C)C. The van der Waals surface area contributed by atoms with Crippen molar-refractivity contribution < 1.29 is 4.79 Å². The summed E-state index contributed by atoms with van der Waals surface area (Å²) in [6.07, 6.45) is 0. The summed E-state index contributed by atoms with van der Waals surface area (Å²) in [5, 5.41) is 0.0973. The Balaban J connectivity index is 5.89. The summed E-state index contributed by atoms with van der Waals surface area (Å²) >= 11 is 0. The molecule has 0 aromatic carbocycles. The zero-order valence-corrected chi connectivity index (χ0v) is 18.7. The van der Waals surface area contributed by atoms with Crippen molar-refractivity contribution in [2.75, 3.05) is 0 Å². The highest BCUT2D eigenvalue weighted by atomic mass is 31.4. The molecule has 20 heavy (non-hydrogen) atoms. The largest absolute Gasteiger partial charge is 0.362 e. The Kier molecular flexibility index (Phi) is 5.95. The Morgan fingerprint density at radius 3 is 1.35 bits per heavy atom. The summed E-state index contributed by atoms with van der Waals surface area (Å²) in [7, 11) is -3.80. The Hall–Kier alpha value is 0.334. The van der Waals surface area contributed by atoms with Gasteiger partial charge in [-0.2, -0.15) is 0 Å². The fourth-order valence-corrected chi connectivity index (χ4v) is 19.1. The molecule has 0 radical (unpaired) electrons. The molecule has 0 aromatic heterocycles. The van der Waals surface area contributed by atoms with Crippen molar-refractivity contribution in [2.24, 2.45) is 0 Å². The molecule has 0 saturated carbocycles. The van der Waals surface area contributed by atoms with Crippen LogP contribution in [-0.4, -0.2) is 36.9 Å². The summed E-state index contributed by atoms with van der Waals surface area (Å²) in [5.74, 6) is 0. The molecule has 0 rings (SSSR count). The molecule has 1 atom stereocenters. The zero-order valence-electron chi connectivity index (χ0n) is 15.8. The molecule has 0 aliphatic carbocycles. The molecule has 2 nitrogen and oxygen atoms in total. The van der Waals surface area contributed by atoms with Crippen LogP contribution in [0.4, 0.5) is 4.79 Å². The van der Waals surface area contributed by atoms with Crippen LogP contribution in [0.15, 0.2) is 0 Å². The van der Waals surface area contributed by atoms with Gasteiger partial charge in [-0.15, -0.1) is 0 Å². The molecular formula is C15H36NOPSi2. The van der Waals surface area contributed by atoms with E-state index in [-0.39, 0.29) is 10.7 Å². The molecule has 0 bridgehead atoms. The Morgan fingerprint density at radius 1 is 0.850 bits per heavy atom. The average molecular weight is 334 g/mol. The van der Waals surface area contributed by atoms with E-state index in [4.69, 9.17) is 0 Å². The smallest absolute Gasteiger partial charge is 0.232 e. The molecule has 120 valence electrons. The van der Waals surface area contributed by atoms with Crippen molar-refractivity contribution in [3.8, 4) is 0 Å². The first-order valence-corrected chi connectivity index (χ1v) is 16.7. The molecule has 0 spiro atoms. The van der Waals surface area contributed by atoms with E-state index >= 15 is 0 Å². The molecule has 0 fully saturated rings. The minimum atomic E-state index is -1.68. The molecular weight excluding hydrogens is 297 g/mol. The zero-order chi connectivity index (χ0) is 16.7. The first-order valence-electron chi connectivity index (χ1n) is 7.55. The first-order chi connectivity index (χ1) is 8.40. The lowest BCUT2D eigenvalue weighted by Crippen LogP contribution is -2.59. The molecule has 0 aromatic rings. The third-order valence-corrected chi connectivity index (χ3v) is 15.3. The van der Waals surface area contributed by atoms with Crippen LogP contribution in [0.5, 0.6) is 0 Å². The molecule has 0 heterocycles. The Morgan fingerprint density at radius 2 is 1.20 bits per heavy atom. The number of hydrogen-bond donors (Lipinski definition) is 0. The van der Waals surface area contributed by atoms with Crippen LogP contribution in [0, 0.1) is 0 Å². The summed E-state index contributed by atoms with van der Waals surface area (Å²) in [5.41, 5.74) is 0.380. The van der Waals surface area contributed by atoms with E-state index in [2.05, 4.69) is 85.4 Å². The fourth-order valence-electron chi connectivity index (χ4n) is 3.26. The van der Waals surface area contributed by atoms with Gasteiger partial charge in [0.15, 0.2) is 8.24 Å². The average Bonchev–Trinajstić information content (AvgIpc) is 1.88. The second kappa shape index (κ2) is 5.85. The van der Waals surface area contributed by atoms with Gasteiger partial charge in [0.05, 0.1) is 7.74 Å². The second-order valence-electron chi connectivity index (χ2n) is 9.64. The number of rotatable bonds is 3. The van der Waals surface area contributed by atoms with E-state index in [9.17, 15) is 4.79 Å². The molecule has 1 amide bonds. The maximum absolute atomic E-state index is 13.5. The first kappa shape index (κ1) is 20.3. The molecule has 1 unspecified atom stereocenters. The third kappa shape index (κ3) is 5.27. The normalized spacial score (nSPS) is 16.0. The highest BCUT2D eigenvalue weighted by Crippen LogP contribution is 2.59. The van der Waals surface area contributed by atoms with E-state index in [0.29, 0.717) is 5.65 Å². The van der Waals surface area contributed by atoms with Crippen LogP contribution in [0.3, 0.4) is 0 Å². The second-order valence-corrected chi connectivity index (χ2v) is 26.5. The predicted octanol–water partition coefficient (Wildman–Crippen LogP) is 6.16. The molecule has 0 N–H and O–H groups in total. The lowest BCUT2D eigenvalue weighted by molar-refractivity contribution is 0.215. The predicted molar refractivity (Wildman–Crippen MR) is 100 cm³/mol. The summed E-state index contributed by atoms with van der Waals surface area (Å²) < 4.78 is 2.27. The van der Waals surface area contributed by atoms with Crippen molar-refractivity contribution >= 4 is 29.1 Å². The fraction of sp³-hybridized carbons (Fsp3) is 0.933. The van der Waals surface area contributed by atoms with Gasteiger partial charge >= 0.3 is 0 Å². The standard InChI is InChI=1S/C15H36NOPSi2/c1-14(2,3)16(19(7,8)9)13(17)18(15(4,5)6)20(10,11)12/h1-12H3. The van der Waals surface area contributed by atoms with Crippen LogP contribution < -0.4 is 0 Å². The molecule has 5 heteroatoms. The maximum Gasteiger partial charge on any atom is 0.232 e. The minimum Gasteiger partial charge on any atom is -0.362 e. The lowest BCUT2D eigenvalue weighted by atomic mass is 10.1. The number of carbonyl (C=O) groups excluding carboxylic acids is 1. The number of carbonyl (C=O) groups is 1. The topological polar surface area (TPSA) is 20.3 Å². The number of hydrogen-bond acceptors (Lipinski definition) is 1. The van der Waals surface area contributed by atoms with Gasteiger partial charge in [0.1, 0.15) is 0 Å². The van der Waals surface area contributed by atoms with Gasteiger partial charge in [-0.25, -0.2) is 0 Å². The van der Waals surface area contributed by atoms with E-state index in [1.54, 1.807) is 0 Å². The van der Waals surface area contributed by atoms with Crippen LogP contribution in [-0.2, 0) is 0 Å². The van der Waals surface area contributed by atoms with Crippen molar-refractivity contribution in [2.45, 2.75) is 91.5 Å². The Labute approximate surface area is 130 Å². The van der Waals surface area contributed by atoms with Crippen molar-refractivity contribution in [1.82, 2.24) is 4.57 Å². The lowest BCUT2D eigenvalue weighted by Gasteiger charge is -2.50. The van der Waals surface area contributed by atoms with Gasteiger partial charge in [-0.1, -0.05) is 60.1 Å². The van der Waals surface area contributed by atoms with E-state index < -0.39 is 23.4 Å². The van der Waals surface area contributed by atoms with Crippen LogP contribution >= 0.6 is 7.47 Å². The minimum absolute atomic E-state index is 0.0764. The van der Waals surface area contributed by atoms with Crippen LogP contribution in [0.2, 0.25) is 39.3 Å². The van der Waals surface area contributed by atoms with Crippen molar-refractivity contribution in [1.29, 1.82) is 0 Å². The van der Waals surface area contributed by atoms with E-state index in [1.807, 2.05) is 0 Å². The quantitative estimate of drug-likeness (QED) is 0.447. The molecule has 0 aliphatic heterocycles. The number of amides is 1. The third-order valence-electron chi connectivity index (χ3n) is 3.07. The number of nitrogens with zero attached hydrogens (tertiary/aromatic N) is 1. The van der Waals surface area contributed by atoms with E-state index in [1.165, 1.54) is 0 Å². The van der Waals surface area contributed by atoms with Gasteiger partial charge in [-0.05, 0) is 33.4 Å². The summed E-state index contributed by atoms with van der Waals surface area (Å²) in [6, 6.07) is 0. The maximum atomic E-state index is 13.5. The van der Waals surface area contributed by atoms with Crippen molar-refractivity contribution in [3.05, 3.63) is 0 Å². The van der Waals surface area contributed by atoms with Gasteiger partial charge in [-0.3, -0.25) is 4.79 Å². The van der Waals surface area contributed by atoms with Gasteiger partial charge in [0.2, 0.25) is 5.65 Å². The van der Waals surface area contributed by atoms with Gasteiger partial charge in [0, 0.05) is 5.54 Å². The molecule has 0 saturated heterocycles. The van der Waals surface area contributed by atoms with Crippen molar-refractivity contribution in [3.63, 3.8) is 0 Å². The van der Waals surface area contributed by atoms with Crippen LogP contribution in [0.1, 0.15) is 41.5 Å².